The molecule has 0 amide bonds. The molecule has 0 saturated heterocycles. The lowest BCUT2D eigenvalue weighted by atomic mass is 10.2. The SMILES string of the molecule is O=C(O)c1ccc(OCCOCCOc2ccc(CO)cc2)cc1. The lowest BCUT2D eigenvalue weighted by Crippen LogP contribution is -2.12. The molecule has 0 spiro atoms. The maximum atomic E-state index is 10.7. The Bertz CT molecular complexity index is 621. The third kappa shape index (κ3) is 5.91. The molecule has 0 atom stereocenters. The molecule has 0 aromatic heterocycles. The van der Waals surface area contributed by atoms with Gasteiger partial charge in [0.15, 0.2) is 0 Å². The van der Waals surface area contributed by atoms with Crippen LogP contribution in [0.25, 0.3) is 0 Å². The number of hydrogen-bond donors (Lipinski definition) is 2. The number of ether oxygens (including phenoxy) is 3. The average molecular weight is 332 g/mol. The van der Waals surface area contributed by atoms with Crippen molar-refractivity contribution >= 4 is 5.97 Å². The van der Waals surface area contributed by atoms with Crippen LogP contribution >= 0.6 is 0 Å². The third-order valence-electron chi connectivity index (χ3n) is 3.20. The molecule has 2 aromatic rings. The van der Waals surface area contributed by atoms with Crippen molar-refractivity contribution in [3.05, 3.63) is 59.7 Å². The zero-order valence-corrected chi connectivity index (χ0v) is 13.2. The minimum absolute atomic E-state index is 0.0163. The van der Waals surface area contributed by atoms with Crippen LogP contribution < -0.4 is 9.47 Å². The predicted octanol–water partition coefficient (Wildman–Crippen LogP) is 2.35. The molecule has 0 aliphatic carbocycles. The van der Waals surface area contributed by atoms with Gasteiger partial charge in [-0.05, 0) is 42.0 Å². The molecule has 2 N–H and O–H groups in total. The first-order chi connectivity index (χ1) is 11.7. The molecular weight excluding hydrogens is 312 g/mol. The number of rotatable bonds is 10. The Kier molecular flexibility index (Phi) is 7.07. The summed E-state index contributed by atoms with van der Waals surface area (Å²) >= 11 is 0. The van der Waals surface area contributed by atoms with Gasteiger partial charge in [-0.25, -0.2) is 4.79 Å². The predicted molar refractivity (Wildman–Crippen MR) is 87.6 cm³/mol. The highest BCUT2D eigenvalue weighted by atomic mass is 16.5. The Hall–Kier alpha value is -2.57. The Morgan fingerprint density at radius 1 is 0.792 bits per heavy atom. The van der Waals surface area contributed by atoms with Gasteiger partial charge in [0.05, 0.1) is 25.4 Å². The molecule has 0 radical (unpaired) electrons. The molecule has 0 aliphatic rings. The Labute approximate surface area is 140 Å². The molecule has 0 unspecified atom stereocenters. The molecular formula is C18H20O6. The van der Waals surface area contributed by atoms with Gasteiger partial charge in [0.25, 0.3) is 0 Å². The summed E-state index contributed by atoms with van der Waals surface area (Å²) in [5.74, 6) is 0.366. The van der Waals surface area contributed by atoms with Crippen LogP contribution in [0, 0.1) is 0 Å². The van der Waals surface area contributed by atoms with E-state index < -0.39 is 5.97 Å². The lowest BCUT2D eigenvalue weighted by Gasteiger charge is -2.09. The van der Waals surface area contributed by atoms with Gasteiger partial charge >= 0.3 is 5.97 Å². The van der Waals surface area contributed by atoms with Crippen molar-refractivity contribution in [3.8, 4) is 11.5 Å². The number of carboxylic acids is 1. The second-order valence-corrected chi connectivity index (χ2v) is 4.94. The van der Waals surface area contributed by atoms with E-state index in [-0.39, 0.29) is 12.2 Å². The number of aromatic carboxylic acids is 1. The zero-order valence-electron chi connectivity index (χ0n) is 13.2. The molecule has 2 aromatic carbocycles. The van der Waals surface area contributed by atoms with Crippen LogP contribution in [0.3, 0.4) is 0 Å². The van der Waals surface area contributed by atoms with Gasteiger partial charge in [0.2, 0.25) is 0 Å². The number of aliphatic hydroxyl groups excluding tert-OH is 1. The molecule has 0 heterocycles. The first kappa shape index (κ1) is 17.8. The summed E-state index contributed by atoms with van der Waals surface area (Å²) in [5.41, 5.74) is 1.06. The quantitative estimate of drug-likeness (QED) is 0.650. The zero-order chi connectivity index (χ0) is 17.2. The first-order valence-electron chi connectivity index (χ1n) is 7.55. The van der Waals surface area contributed by atoms with Gasteiger partial charge in [0, 0.05) is 0 Å². The summed E-state index contributed by atoms with van der Waals surface area (Å²) in [6.07, 6.45) is 0. The highest BCUT2D eigenvalue weighted by Crippen LogP contribution is 2.13. The highest BCUT2D eigenvalue weighted by molar-refractivity contribution is 5.87. The maximum Gasteiger partial charge on any atom is 0.335 e. The molecule has 6 heteroatoms. The fourth-order valence-electron chi connectivity index (χ4n) is 1.92. The summed E-state index contributed by atoms with van der Waals surface area (Å²) in [6.45, 7) is 1.66. The molecule has 0 fully saturated rings. The first-order valence-corrected chi connectivity index (χ1v) is 7.55. The van der Waals surface area contributed by atoms with E-state index in [2.05, 4.69) is 0 Å². The minimum Gasteiger partial charge on any atom is -0.491 e. The second-order valence-electron chi connectivity index (χ2n) is 4.94. The molecule has 24 heavy (non-hydrogen) atoms. The van der Waals surface area contributed by atoms with Crippen LogP contribution in [0.4, 0.5) is 0 Å². The van der Waals surface area contributed by atoms with Crippen molar-refractivity contribution in [1.82, 2.24) is 0 Å². The van der Waals surface area contributed by atoms with Crippen LogP contribution in [-0.4, -0.2) is 42.6 Å². The van der Waals surface area contributed by atoms with Crippen molar-refractivity contribution in [2.75, 3.05) is 26.4 Å². The van der Waals surface area contributed by atoms with Gasteiger partial charge in [-0.3, -0.25) is 0 Å². The van der Waals surface area contributed by atoms with Crippen LogP contribution in [0.2, 0.25) is 0 Å². The second kappa shape index (κ2) is 9.54. The summed E-state index contributed by atoms with van der Waals surface area (Å²) in [4.78, 5) is 10.7. The lowest BCUT2D eigenvalue weighted by molar-refractivity contribution is 0.0696. The smallest absolute Gasteiger partial charge is 0.335 e. The van der Waals surface area contributed by atoms with Gasteiger partial charge in [-0.2, -0.15) is 0 Å². The monoisotopic (exact) mass is 332 g/mol. The average Bonchev–Trinajstić information content (AvgIpc) is 2.62. The molecule has 2 rings (SSSR count). The molecule has 128 valence electrons. The van der Waals surface area contributed by atoms with Crippen LogP contribution in [0.15, 0.2) is 48.5 Å². The number of benzene rings is 2. The van der Waals surface area contributed by atoms with Gasteiger partial charge in [-0.1, -0.05) is 12.1 Å². The van der Waals surface area contributed by atoms with E-state index in [1.807, 2.05) is 0 Å². The van der Waals surface area contributed by atoms with Crippen molar-refractivity contribution in [2.45, 2.75) is 6.61 Å². The molecule has 6 nitrogen and oxygen atoms in total. The fraction of sp³-hybridized carbons (Fsp3) is 0.278. The molecule has 0 bridgehead atoms. The summed E-state index contributed by atoms with van der Waals surface area (Å²) in [6, 6.07) is 13.4. The van der Waals surface area contributed by atoms with Crippen LogP contribution in [-0.2, 0) is 11.3 Å². The number of carboxylic acid groups (broad SMARTS) is 1. The topological polar surface area (TPSA) is 85.2 Å². The maximum absolute atomic E-state index is 10.7. The van der Waals surface area contributed by atoms with E-state index in [0.717, 1.165) is 11.3 Å². The normalized spacial score (nSPS) is 10.4. The Morgan fingerprint density at radius 3 is 1.75 bits per heavy atom. The van der Waals surface area contributed by atoms with E-state index in [9.17, 15) is 4.79 Å². The van der Waals surface area contributed by atoms with Gasteiger partial charge < -0.3 is 24.4 Å². The summed E-state index contributed by atoms with van der Waals surface area (Å²) in [7, 11) is 0. The van der Waals surface area contributed by atoms with E-state index in [0.29, 0.717) is 32.2 Å². The van der Waals surface area contributed by atoms with Gasteiger partial charge in [0.1, 0.15) is 24.7 Å². The minimum atomic E-state index is -0.962. The van der Waals surface area contributed by atoms with E-state index >= 15 is 0 Å². The van der Waals surface area contributed by atoms with Crippen molar-refractivity contribution in [2.24, 2.45) is 0 Å². The summed E-state index contributed by atoms with van der Waals surface area (Å²) < 4.78 is 16.4. The molecule has 0 saturated carbocycles. The van der Waals surface area contributed by atoms with Crippen molar-refractivity contribution < 1.29 is 29.2 Å². The van der Waals surface area contributed by atoms with Gasteiger partial charge in [-0.15, -0.1) is 0 Å². The van der Waals surface area contributed by atoms with E-state index in [1.54, 1.807) is 36.4 Å². The standard InChI is InChI=1S/C18H20O6/c19-13-14-1-5-16(6-2-14)23-11-9-22-10-12-24-17-7-3-15(4-8-17)18(20)21/h1-8,19H,9-13H2,(H,20,21). The Morgan fingerprint density at radius 2 is 1.29 bits per heavy atom. The van der Waals surface area contributed by atoms with E-state index in [4.69, 9.17) is 24.4 Å². The highest BCUT2D eigenvalue weighted by Gasteiger charge is 2.02. The third-order valence-corrected chi connectivity index (χ3v) is 3.20. The van der Waals surface area contributed by atoms with E-state index in [1.165, 1.54) is 12.1 Å². The fourth-order valence-corrected chi connectivity index (χ4v) is 1.92. The van der Waals surface area contributed by atoms with Crippen molar-refractivity contribution in [3.63, 3.8) is 0 Å². The number of aliphatic hydroxyl groups is 1. The number of carbonyl (C=O) groups is 1. The molecule has 0 aliphatic heterocycles. The van der Waals surface area contributed by atoms with Crippen LogP contribution in [0.1, 0.15) is 15.9 Å². The van der Waals surface area contributed by atoms with Crippen molar-refractivity contribution in [1.29, 1.82) is 0 Å². The van der Waals surface area contributed by atoms with Crippen LogP contribution in [0.5, 0.6) is 11.5 Å². The Balaban J connectivity index is 1.55. The number of hydrogen-bond acceptors (Lipinski definition) is 5. The summed E-state index contributed by atoms with van der Waals surface area (Å²) in [5, 5.41) is 17.7. The largest absolute Gasteiger partial charge is 0.491 e.